The van der Waals surface area contributed by atoms with E-state index in [1.165, 1.54) is 44.9 Å². The second-order valence-corrected chi connectivity index (χ2v) is 8.86. The third kappa shape index (κ3) is 23.5. The highest BCUT2D eigenvalue weighted by Crippen LogP contribution is 2.42. The van der Waals surface area contributed by atoms with Crippen molar-refractivity contribution in [3.05, 3.63) is 36.6 Å². The number of nitrogens with two attached hydrogens (primary N) is 1. The molecule has 0 aromatic carbocycles. The van der Waals surface area contributed by atoms with Crippen molar-refractivity contribution in [1.82, 2.24) is 0 Å². The van der Waals surface area contributed by atoms with Crippen LogP contribution in [0.3, 0.4) is 0 Å². The summed E-state index contributed by atoms with van der Waals surface area (Å²) in [5.74, 6) is 0. The third-order valence-electron chi connectivity index (χ3n) is 4.35. The van der Waals surface area contributed by atoms with Crippen LogP contribution in [-0.4, -0.2) is 42.5 Å². The lowest BCUT2D eigenvalue weighted by molar-refractivity contribution is 0.0311. The molecule has 0 rings (SSSR count). The molecule has 0 spiro atoms. The van der Waals surface area contributed by atoms with E-state index in [9.17, 15) is 14.6 Å². The highest BCUT2D eigenvalue weighted by Gasteiger charge is 2.22. The average molecular weight is 462 g/mol. The molecule has 0 bridgehead atoms. The second-order valence-electron chi connectivity index (χ2n) is 7.41. The molecule has 0 aromatic rings. The van der Waals surface area contributed by atoms with Crippen LogP contribution in [0.4, 0.5) is 0 Å². The van der Waals surface area contributed by atoms with Gasteiger partial charge in [0.05, 0.1) is 19.5 Å². The molecule has 0 aliphatic heterocycles. The topological polar surface area (TPSA) is 111 Å². The number of unbranched alkanes of at least 4 members (excludes halogenated alkanes) is 8. The van der Waals surface area contributed by atoms with Crippen LogP contribution in [0.1, 0.15) is 77.6 Å². The molecule has 1 unspecified atom stereocenters. The molecule has 0 radical (unpaired) electrons. The van der Waals surface area contributed by atoms with Gasteiger partial charge in [0.15, 0.2) is 0 Å². The summed E-state index contributed by atoms with van der Waals surface area (Å²) in [6.45, 7) is 1.88. The van der Waals surface area contributed by atoms with E-state index in [0.29, 0.717) is 0 Å². The van der Waals surface area contributed by atoms with Gasteiger partial charge in [-0.15, -0.1) is 0 Å². The lowest BCUT2D eigenvalue weighted by Crippen LogP contribution is -2.20. The molecule has 0 aliphatic carbocycles. The smallest absolute Gasteiger partial charge is 0.472 e. The van der Waals surface area contributed by atoms with E-state index in [4.69, 9.17) is 10.5 Å². The molecule has 0 saturated heterocycles. The molecule has 8 heteroatoms. The number of hydrogen-bond donors (Lipinski definition) is 3. The fourth-order valence-electron chi connectivity index (χ4n) is 2.63. The molecule has 0 aliphatic rings. The Labute approximate surface area is 189 Å². The molecule has 0 fully saturated rings. The lowest BCUT2D eigenvalue weighted by Gasteiger charge is -2.14. The fraction of sp³-hybridized carbons (Fsp3) is 0.739. The maximum atomic E-state index is 11.4. The standard InChI is InChI=1S/C23H44NO6P/c1-2-3-4-5-6-7-8-9-10-11-12-13-14-15-16-17-19-28-21-23(25)22-30-31(26,27)29-20-18-24/h6-7,9-10,17,19,23,25H,2-5,8,11-16,18,20-22,24H2,1H3,(H,26,27)/b7-6-,10-9-,19-17-/t23-/m1/s1. The molecule has 31 heavy (non-hydrogen) atoms. The van der Waals surface area contributed by atoms with E-state index >= 15 is 0 Å². The zero-order chi connectivity index (χ0) is 23.0. The Morgan fingerprint density at radius 1 is 0.871 bits per heavy atom. The molecule has 182 valence electrons. The normalized spacial score (nSPS) is 15.2. The quantitative estimate of drug-likeness (QED) is 0.0857. The molecule has 2 atom stereocenters. The number of phosphoric ester groups is 1. The van der Waals surface area contributed by atoms with E-state index in [0.717, 1.165) is 25.7 Å². The summed E-state index contributed by atoms with van der Waals surface area (Å²) in [5.41, 5.74) is 5.18. The van der Waals surface area contributed by atoms with E-state index in [1.54, 1.807) is 6.26 Å². The highest BCUT2D eigenvalue weighted by molar-refractivity contribution is 7.47. The SMILES string of the molecule is CCCCC/C=C\C/C=C\CCCCCC/C=C\OC[C@@H](O)COP(=O)(O)OCCN. The summed E-state index contributed by atoms with van der Waals surface area (Å²) in [4.78, 5) is 9.31. The van der Waals surface area contributed by atoms with E-state index in [-0.39, 0.29) is 26.4 Å². The van der Waals surface area contributed by atoms with Gasteiger partial charge in [0.2, 0.25) is 0 Å². The van der Waals surface area contributed by atoms with Crippen molar-refractivity contribution < 1.29 is 28.3 Å². The minimum atomic E-state index is -4.16. The van der Waals surface area contributed by atoms with Crippen LogP contribution in [0.15, 0.2) is 36.6 Å². The highest BCUT2D eigenvalue weighted by atomic mass is 31.2. The van der Waals surface area contributed by atoms with Crippen LogP contribution >= 0.6 is 7.82 Å². The van der Waals surface area contributed by atoms with Crippen molar-refractivity contribution >= 4 is 7.82 Å². The summed E-state index contributed by atoms with van der Waals surface area (Å²) in [7, 11) is -4.16. The lowest BCUT2D eigenvalue weighted by atomic mass is 10.1. The van der Waals surface area contributed by atoms with Gasteiger partial charge >= 0.3 is 7.82 Å². The second kappa shape index (κ2) is 22.3. The summed E-state index contributed by atoms with van der Waals surface area (Å²) in [6, 6.07) is 0. The average Bonchev–Trinajstić information content (AvgIpc) is 2.75. The van der Waals surface area contributed by atoms with Gasteiger partial charge in [-0.1, -0.05) is 56.9 Å². The summed E-state index contributed by atoms with van der Waals surface area (Å²) in [6.07, 6.45) is 24.4. The Hall–Kier alpha value is -0.950. The van der Waals surface area contributed by atoms with Gasteiger partial charge in [-0.05, 0) is 51.0 Å². The maximum absolute atomic E-state index is 11.4. The van der Waals surface area contributed by atoms with Gasteiger partial charge in [0.25, 0.3) is 0 Å². The first-order valence-corrected chi connectivity index (χ1v) is 13.1. The molecular formula is C23H44NO6P. The molecule has 0 saturated carbocycles. The number of ether oxygens (including phenoxy) is 1. The number of hydrogen-bond acceptors (Lipinski definition) is 6. The van der Waals surface area contributed by atoms with Gasteiger partial charge in [0, 0.05) is 6.54 Å². The zero-order valence-electron chi connectivity index (χ0n) is 19.2. The van der Waals surface area contributed by atoms with Gasteiger partial charge < -0.3 is 20.5 Å². The Kier molecular flexibility index (Phi) is 21.6. The maximum Gasteiger partial charge on any atom is 0.472 e. The Morgan fingerprint density at radius 3 is 2.10 bits per heavy atom. The van der Waals surface area contributed by atoms with Gasteiger partial charge in [-0.3, -0.25) is 9.05 Å². The van der Waals surface area contributed by atoms with Crippen molar-refractivity contribution in [3.8, 4) is 0 Å². The van der Waals surface area contributed by atoms with Gasteiger partial charge in [-0.25, -0.2) is 4.57 Å². The molecular weight excluding hydrogens is 417 g/mol. The monoisotopic (exact) mass is 461 g/mol. The predicted molar refractivity (Wildman–Crippen MR) is 127 cm³/mol. The summed E-state index contributed by atoms with van der Waals surface area (Å²) < 4.78 is 25.8. The van der Waals surface area contributed by atoms with Gasteiger partial charge in [-0.2, -0.15) is 0 Å². The number of aliphatic hydroxyl groups is 1. The molecule has 7 nitrogen and oxygen atoms in total. The predicted octanol–water partition coefficient (Wildman–Crippen LogP) is 5.39. The van der Waals surface area contributed by atoms with Crippen molar-refractivity contribution in [2.45, 2.75) is 83.7 Å². The Bertz CT molecular complexity index is 524. The van der Waals surface area contributed by atoms with Crippen molar-refractivity contribution in [1.29, 1.82) is 0 Å². The van der Waals surface area contributed by atoms with E-state index in [1.807, 2.05) is 6.08 Å². The molecule has 4 N–H and O–H groups in total. The largest absolute Gasteiger partial charge is 0.499 e. The molecule has 0 heterocycles. The Morgan fingerprint density at radius 2 is 1.48 bits per heavy atom. The third-order valence-corrected chi connectivity index (χ3v) is 5.34. The fourth-order valence-corrected chi connectivity index (χ4v) is 3.40. The molecule has 0 amide bonds. The number of allylic oxidation sites excluding steroid dienone is 5. The van der Waals surface area contributed by atoms with Crippen molar-refractivity contribution in [3.63, 3.8) is 0 Å². The minimum absolute atomic E-state index is 0.0202. The summed E-state index contributed by atoms with van der Waals surface area (Å²) >= 11 is 0. The Balaban J connectivity index is 3.47. The van der Waals surface area contributed by atoms with E-state index in [2.05, 4.69) is 40.3 Å². The number of aliphatic hydroxyl groups excluding tert-OH is 1. The van der Waals surface area contributed by atoms with E-state index < -0.39 is 13.9 Å². The first kappa shape index (κ1) is 30.0. The van der Waals surface area contributed by atoms with Crippen LogP contribution in [0.2, 0.25) is 0 Å². The first-order chi connectivity index (χ1) is 15.0. The van der Waals surface area contributed by atoms with Crippen LogP contribution in [0.25, 0.3) is 0 Å². The van der Waals surface area contributed by atoms with Crippen LogP contribution < -0.4 is 5.73 Å². The van der Waals surface area contributed by atoms with Gasteiger partial charge in [0.1, 0.15) is 12.7 Å². The van der Waals surface area contributed by atoms with Crippen LogP contribution in [0.5, 0.6) is 0 Å². The number of rotatable bonds is 22. The minimum Gasteiger partial charge on any atom is -0.499 e. The summed E-state index contributed by atoms with van der Waals surface area (Å²) in [5, 5.41) is 9.67. The first-order valence-electron chi connectivity index (χ1n) is 11.6. The molecule has 0 aromatic heterocycles. The zero-order valence-corrected chi connectivity index (χ0v) is 20.1. The number of phosphoric acid groups is 1. The van der Waals surface area contributed by atoms with Crippen molar-refractivity contribution in [2.75, 3.05) is 26.4 Å². The van der Waals surface area contributed by atoms with Crippen LogP contribution in [0, 0.1) is 0 Å². The van der Waals surface area contributed by atoms with Crippen molar-refractivity contribution in [2.24, 2.45) is 5.73 Å². The van der Waals surface area contributed by atoms with Crippen LogP contribution in [-0.2, 0) is 18.3 Å².